The third kappa shape index (κ3) is 2.30. The standard InChI is InChI=1S/C12H17ClN2O/c1-3-12(2)9-15(6-7-16-12)11-4-5-14-8-10(11)13/h4-5,8H,3,6-7,9H2,1-2H3. The number of anilines is 1. The van der Waals surface area contributed by atoms with Crippen LogP contribution in [0.2, 0.25) is 5.02 Å². The molecule has 1 atom stereocenters. The highest BCUT2D eigenvalue weighted by Gasteiger charge is 2.30. The molecule has 0 aromatic carbocycles. The highest BCUT2D eigenvalue weighted by atomic mass is 35.5. The maximum atomic E-state index is 6.15. The van der Waals surface area contributed by atoms with Gasteiger partial charge in [-0.3, -0.25) is 4.98 Å². The SMILES string of the molecule is CCC1(C)CN(c2ccncc2Cl)CCO1. The van der Waals surface area contributed by atoms with E-state index in [9.17, 15) is 0 Å². The quantitative estimate of drug-likeness (QED) is 0.795. The second-order valence-corrected chi connectivity index (χ2v) is 4.81. The number of ether oxygens (including phenoxy) is 1. The summed E-state index contributed by atoms with van der Waals surface area (Å²) in [4.78, 5) is 6.28. The van der Waals surface area contributed by atoms with Gasteiger partial charge in [-0.25, -0.2) is 0 Å². The van der Waals surface area contributed by atoms with E-state index in [1.807, 2.05) is 6.07 Å². The first-order valence-electron chi connectivity index (χ1n) is 5.63. The molecule has 0 N–H and O–H groups in total. The Morgan fingerprint density at radius 1 is 1.62 bits per heavy atom. The van der Waals surface area contributed by atoms with Gasteiger partial charge in [-0.2, -0.15) is 0 Å². The van der Waals surface area contributed by atoms with Crippen LogP contribution in [0.1, 0.15) is 20.3 Å². The van der Waals surface area contributed by atoms with Crippen molar-refractivity contribution in [3.63, 3.8) is 0 Å². The summed E-state index contributed by atoms with van der Waals surface area (Å²) in [6.45, 7) is 6.82. The number of hydrogen-bond acceptors (Lipinski definition) is 3. The number of hydrogen-bond donors (Lipinski definition) is 0. The topological polar surface area (TPSA) is 25.4 Å². The van der Waals surface area contributed by atoms with Crippen molar-refractivity contribution in [2.24, 2.45) is 0 Å². The van der Waals surface area contributed by atoms with Gasteiger partial charge in [0, 0.05) is 25.5 Å². The van der Waals surface area contributed by atoms with Crippen LogP contribution in [-0.4, -0.2) is 30.3 Å². The van der Waals surface area contributed by atoms with E-state index in [2.05, 4.69) is 23.7 Å². The molecule has 0 bridgehead atoms. The minimum atomic E-state index is -0.0646. The predicted molar refractivity (Wildman–Crippen MR) is 66.1 cm³/mol. The molecule has 0 aliphatic carbocycles. The molecule has 1 aliphatic rings. The van der Waals surface area contributed by atoms with Crippen LogP contribution in [0.3, 0.4) is 0 Å². The molecule has 1 unspecified atom stereocenters. The van der Waals surface area contributed by atoms with Crippen LogP contribution < -0.4 is 4.90 Å². The Bertz CT molecular complexity index is 372. The van der Waals surface area contributed by atoms with Crippen LogP contribution in [0.4, 0.5) is 5.69 Å². The van der Waals surface area contributed by atoms with Gasteiger partial charge < -0.3 is 9.64 Å². The number of pyridine rings is 1. The van der Waals surface area contributed by atoms with Crippen molar-refractivity contribution in [1.82, 2.24) is 4.98 Å². The summed E-state index contributed by atoms with van der Waals surface area (Å²) in [7, 11) is 0. The summed E-state index contributed by atoms with van der Waals surface area (Å²) < 4.78 is 5.81. The fourth-order valence-corrected chi connectivity index (χ4v) is 2.21. The minimum absolute atomic E-state index is 0.0646. The molecule has 1 aliphatic heterocycles. The average Bonchev–Trinajstić information content (AvgIpc) is 2.30. The third-order valence-electron chi connectivity index (χ3n) is 3.18. The summed E-state index contributed by atoms with van der Waals surface area (Å²) in [6, 6.07) is 1.96. The molecule has 1 saturated heterocycles. The summed E-state index contributed by atoms with van der Waals surface area (Å²) in [5.74, 6) is 0. The molecule has 1 aromatic rings. The lowest BCUT2D eigenvalue weighted by Crippen LogP contribution is -2.49. The first kappa shape index (κ1) is 11.7. The molecule has 88 valence electrons. The molecule has 16 heavy (non-hydrogen) atoms. The lowest BCUT2D eigenvalue weighted by Gasteiger charge is -2.41. The van der Waals surface area contributed by atoms with E-state index in [-0.39, 0.29) is 5.60 Å². The molecular weight excluding hydrogens is 224 g/mol. The van der Waals surface area contributed by atoms with Crippen molar-refractivity contribution in [2.75, 3.05) is 24.6 Å². The van der Waals surface area contributed by atoms with Crippen molar-refractivity contribution >= 4 is 17.3 Å². The Labute approximate surface area is 101 Å². The van der Waals surface area contributed by atoms with Gasteiger partial charge >= 0.3 is 0 Å². The number of rotatable bonds is 2. The summed E-state index contributed by atoms with van der Waals surface area (Å²) in [5.41, 5.74) is 0.991. The van der Waals surface area contributed by atoms with Gasteiger partial charge in [0.1, 0.15) is 0 Å². The molecule has 4 heteroatoms. The zero-order chi connectivity index (χ0) is 11.6. The molecule has 0 spiro atoms. The van der Waals surface area contributed by atoms with Crippen LogP contribution in [0.15, 0.2) is 18.5 Å². The third-order valence-corrected chi connectivity index (χ3v) is 3.47. The summed E-state index contributed by atoms with van der Waals surface area (Å²) in [5, 5.41) is 0.711. The van der Waals surface area contributed by atoms with Gasteiger partial charge in [0.2, 0.25) is 0 Å². The van der Waals surface area contributed by atoms with Crippen LogP contribution in [-0.2, 0) is 4.74 Å². The Kier molecular flexibility index (Phi) is 3.36. The zero-order valence-electron chi connectivity index (χ0n) is 9.74. The van der Waals surface area contributed by atoms with E-state index >= 15 is 0 Å². The molecule has 3 nitrogen and oxygen atoms in total. The summed E-state index contributed by atoms with van der Waals surface area (Å²) >= 11 is 6.15. The smallest absolute Gasteiger partial charge is 0.0826 e. The van der Waals surface area contributed by atoms with Gasteiger partial charge in [-0.15, -0.1) is 0 Å². The molecule has 0 radical (unpaired) electrons. The lowest BCUT2D eigenvalue weighted by atomic mass is 10.0. The van der Waals surface area contributed by atoms with Crippen molar-refractivity contribution in [3.05, 3.63) is 23.5 Å². The van der Waals surface area contributed by atoms with E-state index in [1.165, 1.54) is 0 Å². The second-order valence-electron chi connectivity index (χ2n) is 4.40. The van der Waals surface area contributed by atoms with Crippen LogP contribution in [0.5, 0.6) is 0 Å². The number of morpholine rings is 1. The highest BCUT2D eigenvalue weighted by Crippen LogP contribution is 2.29. The second kappa shape index (κ2) is 4.60. The zero-order valence-corrected chi connectivity index (χ0v) is 10.5. The highest BCUT2D eigenvalue weighted by molar-refractivity contribution is 6.33. The normalized spacial score (nSPS) is 25.8. The Balaban J connectivity index is 2.19. The van der Waals surface area contributed by atoms with Gasteiger partial charge in [0.15, 0.2) is 0 Å². The van der Waals surface area contributed by atoms with E-state index in [0.717, 1.165) is 31.8 Å². The lowest BCUT2D eigenvalue weighted by molar-refractivity contribution is -0.0441. The number of halogens is 1. The number of aromatic nitrogens is 1. The van der Waals surface area contributed by atoms with Crippen LogP contribution in [0.25, 0.3) is 0 Å². The molecular formula is C12H17ClN2O. The van der Waals surface area contributed by atoms with E-state index < -0.39 is 0 Å². The molecule has 0 saturated carbocycles. The van der Waals surface area contributed by atoms with Crippen LogP contribution >= 0.6 is 11.6 Å². The Hall–Kier alpha value is -0.800. The Morgan fingerprint density at radius 2 is 2.44 bits per heavy atom. The minimum Gasteiger partial charge on any atom is -0.372 e. The molecule has 2 heterocycles. The van der Waals surface area contributed by atoms with Crippen molar-refractivity contribution < 1.29 is 4.74 Å². The first-order valence-corrected chi connectivity index (χ1v) is 6.01. The predicted octanol–water partition coefficient (Wildman–Crippen LogP) is 2.74. The maximum Gasteiger partial charge on any atom is 0.0826 e. The first-order chi connectivity index (χ1) is 7.64. The van der Waals surface area contributed by atoms with E-state index in [0.29, 0.717) is 5.02 Å². The van der Waals surface area contributed by atoms with Gasteiger partial charge in [-0.1, -0.05) is 18.5 Å². The van der Waals surface area contributed by atoms with Gasteiger partial charge in [0.25, 0.3) is 0 Å². The average molecular weight is 241 g/mol. The molecule has 1 aromatic heterocycles. The van der Waals surface area contributed by atoms with E-state index in [4.69, 9.17) is 16.3 Å². The van der Waals surface area contributed by atoms with Crippen LogP contribution in [0, 0.1) is 0 Å². The van der Waals surface area contributed by atoms with Gasteiger partial charge in [0.05, 0.1) is 22.9 Å². The fourth-order valence-electron chi connectivity index (χ4n) is 1.97. The largest absolute Gasteiger partial charge is 0.372 e. The van der Waals surface area contributed by atoms with Gasteiger partial charge in [-0.05, 0) is 19.4 Å². The monoisotopic (exact) mass is 240 g/mol. The Morgan fingerprint density at radius 3 is 3.12 bits per heavy atom. The molecule has 1 fully saturated rings. The van der Waals surface area contributed by atoms with Crippen molar-refractivity contribution in [3.8, 4) is 0 Å². The van der Waals surface area contributed by atoms with Crippen molar-refractivity contribution in [1.29, 1.82) is 0 Å². The van der Waals surface area contributed by atoms with E-state index in [1.54, 1.807) is 12.4 Å². The fraction of sp³-hybridized carbons (Fsp3) is 0.583. The maximum absolute atomic E-state index is 6.15. The molecule has 2 rings (SSSR count). The number of nitrogens with zero attached hydrogens (tertiary/aromatic N) is 2. The molecule has 0 amide bonds. The van der Waals surface area contributed by atoms with Crippen molar-refractivity contribution in [2.45, 2.75) is 25.9 Å². The summed E-state index contributed by atoms with van der Waals surface area (Å²) in [6.07, 6.45) is 4.47.